The number of benzene rings is 3. The van der Waals surface area contributed by atoms with Gasteiger partial charge in [0, 0.05) is 0 Å². The number of hydrogen-bond donors (Lipinski definition) is 0. The van der Waals surface area contributed by atoms with E-state index in [4.69, 9.17) is 0 Å². The summed E-state index contributed by atoms with van der Waals surface area (Å²) in [6.07, 6.45) is 9.81. The second kappa shape index (κ2) is 7.67. The molecule has 29 heavy (non-hydrogen) atoms. The molecule has 5 rings (SSSR count). The van der Waals surface area contributed by atoms with Crippen molar-refractivity contribution in [1.29, 1.82) is 0 Å². The van der Waals surface area contributed by atoms with Crippen LogP contribution < -0.4 is 5.19 Å². The van der Waals surface area contributed by atoms with Crippen LogP contribution in [0.5, 0.6) is 0 Å². The molecule has 0 bridgehead atoms. The van der Waals surface area contributed by atoms with Crippen LogP contribution in [0.4, 0.5) is 0 Å². The van der Waals surface area contributed by atoms with Gasteiger partial charge in [0.05, 0.1) is 0 Å². The number of rotatable bonds is 5. The Morgan fingerprint density at radius 3 is 1.72 bits per heavy atom. The van der Waals surface area contributed by atoms with Crippen LogP contribution in [0.15, 0.2) is 103 Å². The first-order valence-electron chi connectivity index (χ1n) is 10.3. The molecule has 0 fully saturated rings. The van der Waals surface area contributed by atoms with Gasteiger partial charge in [0.15, 0.2) is 0 Å². The van der Waals surface area contributed by atoms with Crippen LogP contribution in [0.3, 0.4) is 0 Å². The van der Waals surface area contributed by atoms with Gasteiger partial charge < -0.3 is 0 Å². The molecule has 0 nitrogen and oxygen atoms in total. The summed E-state index contributed by atoms with van der Waals surface area (Å²) >= 11 is -2.21. The molecule has 0 spiro atoms. The van der Waals surface area contributed by atoms with E-state index in [-0.39, 0.29) is 0 Å². The molecule has 2 aliphatic carbocycles. The molecule has 3 aromatic rings. The average molecular weight is 469 g/mol. The fourth-order valence-corrected chi connectivity index (χ4v) is 31.4. The molecule has 0 amide bonds. The molecule has 0 N–H and O–H groups in total. The second-order valence-electron chi connectivity index (χ2n) is 8.16. The average Bonchev–Trinajstić information content (AvgIpc) is 3.40. The molecule has 0 radical (unpaired) electrons. The van der Waals surface area contributed by atoms with Gasteiger partial charge in [-0.25, -0.2) is 0 Å². The van der Waals surface area contributed by atoms with Gasteiger partial charge in [-0.15, -0.1) is 0 Å². The predicted octanol–water partition coefficient (Wildman–Crippen LogP) is 6.35. The van der Waals surface area contributed by atoms with E-state index in [1.807, 2.05) is 0 Å². The van der Waals surface area contributed by atoms with Crippen LogP contribution in [0.2, 0.25) is 6.55 Å². The summed E-state index contributed by atoms with van der Waals surface area (Å²) in [5.41, 5.74) is 8.34. The van der Waals surface area contributed by atoms with E-state index < -0.39 is 26.1 Å². The van der Waals surface area contributed by atoms with Crippen molar-refractivity contribution < 1.29 is 20.9 Å². The Kier molecular flexibility index (Phi) is 5.02. The fraction of sp³-hybridized carbons (Fsp3) is 0.111. The predicted molar refractivity (Wildman–Crippen MR) is 124 cm³/mol. The fourth-order valence-electron chi connectivity index (χ4n) is 5.07. The molecule has 2 aliphatic rings. The molecule has 0 aliphatic heterocycles. The molecule has 3 unspecified atom stereocenters. The van der Waals surface area contributed by atoms with Crippen LogP contribution >= 0.6 is 0 Å². The van der Waals surface area contributed by atoms with E-state index in [2.05, 4.69) is 122 Å². The van der Waals surface area contributed by atoms with Crippen LogP contribution in [0, 0.1) is 0 Å². The summed E-state index contributed by atoms with van der Waals surface area (Å²) in [6.45, 7) is 7.04. The van der Waals surface area contributed by atoms with Crippen LogP contribution in [0.25, 0.3) is 12.2 Å². The number of allylic oxidation sites excluding steroid dienone is 2. The summed E-state index contributed by atoms with van der Waals surface area (Å²) < 4.78 is 1.20. The van der Waals surface area contributed by atoms with Gasteiger partial charge in [-0.1, -0.05) is 0 Å². The third-order valence-electron chi connectivity index (χ3n) is 6.65. The first kappa shape index (κ1) is 19.0. The Bertz CT molecular complexity index is 1050. The SMILES string of the molecule is C=C[Si](C)(c1ccccc1)[Zr]([CH]1C=Cc2ccccc21)[CH]1C=Cc2ccccc21. The van der Waals surface area contributed by atoms with Gasteiger partial charge in [0.25, 0.3) is 0 Å². The molecular weight excluding hydrogens is 444 g/mol. The zero-order chi connectivity index (χ0) is 19.8. The Labute approximate surface area is 182 Å². The van der Waals surface area contributed by atoms with Crippen molar-refractivity contribution in [2.75, 3.05) is 0 Å². The van der Waals surface area contributed by atoms with Gasteiger partial charge in [0.1, 0.15) is 0 Å². The molecule has 0 saturated heterocycles. The van der Waals surface area contributed by atoms with Crippen molar-refractivity contribution in [1.82, 2.24) is 0 Å². The standard InChI is InChI=1S/C9H11Si.2C9H7.Zr/c1-3-10(2)9-7-5-4-6-8-9;2*1-2-5-9-7-3-6-8(9)4-1;/h3-8H,1H2,2H3;2*1-7H;. The maximum atomic E-state index is 4.45. The van der Waals surface area contributed by atoms with Crippen molar-refractivity contribution in [2.24, 2.45) is 0 Å². The van der Waals surface area contributed by atoms with E-state index in [0.717, 1.165) is 0 Å². The van der Waals surface area contributed by atoms with E-state index in [1.165, 1.54) is 11.1 Å². The van der Waals surface area contributed by atoms with E-state index >= 15 is 0 Å². The van der Waals surface area contributed by atoms with Crippen LogP contribution in [0.1, 0.15) is 29.5 Å². The number of fused-ring (bicyclic) bond motifs is 2. The van der Waals surface area contributed by atoms with Gasteiger partial charge in [-0.2, -0.15) is 0 Å². The minimum absolute atomic E-state index is 0.601. The van der Waals surface area contributed by atoms with Crippen molar-refractivity contribution >= 4 is 22.5 Å². The number of hydrogen-bond acceptors (Lipinski definition) is 0. The summed E-state index contributed by atoms with van der Waals surface area (Å²) in [4.78, 5) is 0. The van der Waals surface area contributed by atoms with Crippen molar-refractivity contribution in [2.45, 2.75) is 13.8 Å². The molecule has 0 aromatic heterocycles. The summed E-state index contributed by atoms with van der Waals surface area (Å²) in [7, 11) is 0. The van der Waals surface area contributed by atoms with Gasteiger partial charge in [-0.05, 0) is 0 Å². The summed E-state index contributed by atoms with van der Waals surface area (Å²) in [5.74, 6) is 0. The zero-order valence-corrected chi connectivity index (χ0v) is 20.2. The van der Waals surface area contributed by atoms with Crippen molar-refractivity contribution in [3.63, 3.8) is 0 Å². The third kappa shape index (κ3) is 3.14. The minimum atomic E-state index is -2.21. The summed E-state index contributed by atoms with van der Waals surface area (Å²) in [6, 6.07) is 29.3. The molecule has 2 heteroatoms. The third-order valence-corrected chi connectivity index (χ3v) is 32.1. The quantitative estimate of drug-likeness (QED) is 0.383. The van der Waals surface area contributed by atoms with Crippen LogP contribution in [-0.4, -0.2) is 5.20 Å². The summed E-state index contributed by atoms with van der Waals surface area (Å²) in [5, 5.41) is -0.282. The molecule has 3 atom stereocenters. The van der Waals surface area contributed by atoms with E-state index in [9.17, 15) is 0 Å². The van der Waals surface area contributed by atoms with Crippen molar-refractivity contribution in [3.8, 4) is 0 Å². The van der Waals surface area contributed by atoms with Gasteiger partial charge in [-0.3, -0.25) is 0 Å². The first-order chi connectivity index (χ1) is 14.2. The zero-order valence-electron chi connectivity index (χ0n) is 16.8. The molecule has 3 aromatic carbocycles. The molecule has 0 saturated carbocycles. The van der Waals surface area contributed by atoms with Crippen LogP contribution in [-0.2, 0) is 20.9 Å². The molecule has 0 heterocycles. The Morgan fingerprint density at radius 2 is 1.21 bits per heavy atom. The first-order valence-corrected chi connectivity index (χ1v) is 19.4. The van der Waals surface area contributed by atoms with Gasteiger partial charge in [0.2, 0.25) is 0 Å². The van der Waals surface area contributed by atoms with E-state index in [0.29, 0.717) is 7.25 Å². The molecule has 141 valence electrons. The maximum absolute atomic E-state index is 4.45. The monoisotopic (exact) mass is 467 g/mol. The van der Waals surface area contributed by atoms with Gasteiger partial charge >= 0.3 is 183 Å². The van der Waals surface area contributed by atoms with E-state index in [1.54, 1.807) is 16.3 Å². The topological polar surface area (TPSA) is 0 Å². The Morgan fingerprint density at radius 1 is 0.724 bits per heavy atom. The normalized spacial score (nSPS) is 20.7. The Balaban J connectivity index is 1.70. The van der Waals surface area contributed by atoms with Crippen molar-refractivity contribution in [3.05, 3.63) is 126 Å². The second-order valence-corrected chi connectivity index (χ2v) is 27.9. The Hall–Kier alpha value is -2.02. The molecular formula is C27H25SiZr.